The molecule has 3 unspecified atom stereocenters. The molecule has 3 atom stereocenters. The fourth-order valence-electron chi connectivity index (χ4n) is 2.55. The van der Waals surface area contributed by atoms with E-state index in [-0.39, 0.29) is 29.9 Å². The third-order valence-corrected chi connectivity index (χ3v) is 3.75. The van der Waals surface area contributed by atoms with Gasteiger partial charge < -0.3 is 10.2 Å². The van der Waals surface area contributed by atoms with Crippen LogP contribution in [0.5, 0.6) is 0 Å². The Labute approximate surface area is 96.4 Å². The molecule has 90 valence electrons. The first kappa shape index (κ1) is 11.4. The summed E-state index contributed by atoms with van der Waals surface area (Å²) in [6.45, 7) is 5.79. The van der Waals surface area contributed by atoms with Gasteiger partial charge in [0.15, 0.2) is 0 Å². The molecule has 4 nitrogen and oxygen atoms in total. The van der Waals surface area contributed by atoms with E-state index in [2.05, 4.69) is 12.2 Å². The van der Waals surface area contributed by atoms with Crippen molar-refractivity contribution < 1.29 is 9.59 Å². The van der Waals surface area contributed by atoms with Gasteiger partial charge in [0, 0.05) is 6.04 Å². The molecule has 2 amide bonds. The maximum atomic E-state index is 12.1. The van der Waals surface area contributed by atoms with Crippen LogP contribution >= 0.6 is 0 Å². The highest BCUT2D eigenvalue weighted by Gasteiger charge is 2.44. The van der Waals surface area contributed by atoms with Crippen molar-refractivity contribution >= 4 is 11.8 Å². The maximum absolute atomic E-state index is 12.1. The molecule has 1 aliphatic heterocycles. The second-order valence-corrected chi connectivity index (χ2v) is 4.98. The molecule has 1 heterocycles. The Hall–Kier alpha value is -1.06. The van der Waals surface area contributed by atoms with Gasteiger partial charge in [-0.3, -0.25) is 9.59 Å². The van der Waals surface area contributed by atoms with E-state index in [1.54, 1.807) is 6.92 Å². The number of amides is 2. The quantitative estimate of drug-likeness (QED) is 0.774. The van der Waals surface area contributed by atoms with Crippen LogP contribution in [0.25, 0.3) is 0 Å². The number of rotatable bonds is 3. The van der Waals surface area contributed by atoms with Gasteiger partial charge in [0.25, 0.3) is 0 Å². The van der Waals surface area contributed by atoms with Gasteiger partial charge in [-0.05, 0) is 39.0 Å². The average molecular weight is 224 g/mol. The third kappa shape index (κ3) is 1.81. The Kier molecular flexibility index (Phi) is 2.91. The lowest BCUT2D eigenvalue weighted by molar-refractivity contribution is -0.151. The van der Waals surface area contributed by atoms with Crippen molar-refractivity contribution in [3.8, 4) is 0 Å². The first-order valence-corrected chi connectivity index (χ1v) is 6.18. The van der Waals surface area contributed by atoms with Crippen LogP contribution in [0.15, 0.2) is 0 Å². The van der Waals surface area contributed by atoms with Gasteiger partial charge in [-0.25, -0.2) is 0 Å². The lowest BCUT2D eigenvalue weighted by Gasteiger charge is -2.41. The minimum Gasteiger partial charge on any atom is -0.343 e. The Morgan fingerprint density at radius 3 is 2.56 bits per heavy atom. The summed E-state index contributed by atoms with van der Waals surface area (Å²) in [6.07, 6.45) is 3.08. The van der Waals surface area contributed by atoms with Gasteiger partial charge in [-0.15, -0.1) is 0 Å². The lowest BCUT2D eigenvalue weighted by atomic mass is 10.0. The molecule has 0 bridgehead atoms. The summed E-state index contributed by atoms with van der Waals surface area (Å²) in [5.74, 6) is 0.684. The largest absolute Gasteiger partial charge is 0.343 e. The van der Waals surface area contributed by atoms with Gasteiger partial charge in [0.1, 0.15) is 12.1 Å². The van der Waals surface area contributed by atoms with Gasteiger partial charge >= 0.3 is 0 Å². The Morgan fingerprint density at radius 1 is 1.44 bits per heavy atom. The molecule has 1 saturated carbocycles. The van der Waals surface area contributed by atoms with Crippen LogP contribution < -0.4 is 5.32 Å². The zero-order chi connectivity index (χ0) is 11.9. The molecular formula is C12H20N2O2. The lowest BCUT2D eigenvalue weighted by Crippen LogP contribution is -2.64. The maximum Gasteiger partial charge on any atom is 0.245 e. The van der Waals surface area contributed by atoms with Crippen molar-refractivity contribution in [3.05, 3.63) is 0 Å². The highest BCUT2D eigenvalue weighted by molar-refractivity contribution is 5.96. The minimum absolute atomic E-state index is 0.00194. The number of hydrogen-bond donors (Lipinski definition) is 1. The second kappa shape index (κ2) is 4.07. The van der Waals surface area contributed by atoms with E-state index in [9.17, 15) is 9.59 Å². The Bertz CT molecular complexity index is 312. The smallest absolute Gasteiger partial charge is 0.245 e. The molecular weight excluding hydrogens is 204 g/mol. The predicted molar refractivity (Wildman–Crippen MR) is 60.7 cm³/mol. The molecule has 1 N–H and O–H groups in total. The van der Waals surface area contributed by atoms with Crippen LogP contribution in [0, 0.1) is 5.92 Å². The van der Waals surface area contributed by atoms with Crippen LogP contribution in [0.4, 0.5) is 0 Å². The van der Waals surface area contributed by atoms with Crippen LogP contribution in [-0.2, 0) is 9.59 Å². The monoisotopic (exact) mass is 224 g/mol. The van der Waals surface area contributed by atoms with Gasteiger partial charge in [0.2, 0.25) is 11.8 Å². The minimum atomic E-state index is -0.364. The highest BCUT2D eigenvalue weighted by atomic mass is 16.2. The molecule has 0 aromatic carbocycles. The molecule has 1 saturated heterocycles. The van der Waals surface area contributed by atoms with E-state index in [1.807, 2.05) is 11.8 Å². The van der Waals surface area contributed by atoms with E-state index < -0.39 is 0 Å². The normalized spacial score (nSPS) is 32.6. The number of carbonyl (C=O) groups excluding carboxylic acids is 2. The van der Waals surface area contributed by atoms with E-state index in [0.29, 0.717) is 12.3 Å². The van der Waals surface area contributed by atoms with E-state index in [1.165, 1.54) is 12.8 Å². The summed E-state index contributed by atoms with van der Waals surface area (Å²) in [6, 6.07) is -0.415. The van der Waals surface area contributed by atoms with Crippen LogP contribution in [0.1, 0.15) is 40.0 Å². The van der Waals surface area contributed by atoms with Crippen LogP contribution in [-0.4, -0.2) is 34.8 Å². The summed E-state index contributed by atoms with van der Waals surface area (Å²) in [5, 5.41) is 2.74. The number of nitrogens with zero attached hydrogens (tertiary/aromatic N) is 1. The first-order chi connectivity index (χ1) is 7.56. The summed E-state index contributed by atoms with van der Waals surface area (Å²) >= 11 is 0. The summed E-state index contributed by atoms with van der Waals surface area (Å²) in [5.41, 5.74) is 0. The number of piperazine rings is 1. The van der Waals surface area contributed by atoms with E-state index >= 15 is 0 Å². The Balaban J connectivity index is 2.20. The zero-order valence-corrected chi connectivity index (χ0v) is 10.2. The molecule has 0 aromatic heterocycles. The molecule has 2 fully saturated rings. The SMILES string of the molecule is CCC1C(=O)NC(C)C(=O)N1C(C)C1CC1. The second-order valence-electron chi connectivity index (χ2n) is 4.98. The van der Waals surface area contributed by atoms with Crippen molar-refractivity contribution in [2.24, 2.45) is 5.92 Å². The Morgan fingerprint density at radius 2 is 2.06 bits per heavy atom. The van der Waals surface area contributed by atoms with Crippen molar-refractivity contribution in [1.29, 1.82) is 0 Å². The fraction of sp³-hybridized carbons (Fsp3) is 0.833. The molecule has 0 spiro atoms. The standard InChI is InChI=1S/C12H20N2O2/c1-4-10-11(15)13-7(2)12(16)14(10)8(3)9-5-6-9/h7-10H,4-6H2,1-3H3,(H,13,15). The van der Waals surface area contributed by atoms with Crippen molar-refractivity contribution in [2.45, 2.75) is 58.2 Å². The van der Waals surface area contributed by atoms with Gasteiger partial charge in [-0.1, -0.05) is 6.92 Å². The summed E-state index contributed by atoms with van der Waals surface area (Å²) in [7, 11) is 0. The first-order valence-electron chi connectivity index (χ1n) is 6.18. The summed E-state index contributed by atoms with van der Waals surface area (Å²) in [4.78, 5) is 25.8. The number of hydrogen-bond acceptors (Lipinski definition) is 2. The molecule has 2 aliphatic rings. The van der Waals surface area contributed by atoms with E-state index in [4.69, 9.17) is 0 Å². The molecule has 1 aliphatic carbocycles. The van der Waals surface area contributed by atoms with Gasteiger partial charge in [0.05, 0.1) is 0 Å². The topological polar surface area (TPSA) is 49.4 Å². The molecule has 16 heavy (non-hydrogen) atoms. The highest BCUT2D eigenvalue weighted by Crippen LogP contribution is 2.37. The van der Waals surface area contributed by atoms with Gasteiger partial charge in [-0.2, -0.15) is 0 Å². The average Bonchev–Trinajstić information content (AvgIpc) is 3.05. The molecule has 4 heteroatoms. The summed E-state index contributed by atoms with van der Waals surface area (Å²) < 4.78 is 0. The van der Waals surface area contributed by atoms with E-state index in [0.717, 1.165) is 0 Å². The number of nitrogens with one attached hydrogen (secondary N) is 1. The van der Waals surface area contributed by atoms with Crippen molar-refractivity contribution in [3.63, 3.8) is 0 Å². The molecule has 0 radical (unpaired) electrons. The van der Waals surface area contributed by atoms with Crippen LogP contribution in [0.2, 0.25) is 0 Å². The number of carbonyl (C=O) groups is 2. The van der Waals surface area contributed by atoms with Crippen LogP contribution in [0.3, 0.4) is 0 Å². The molecule has 0 aromatic rings. The molecule has 2 rings (SSSR count). The van der Waals surface area contributed by atoms with Crippen molar-refractivity contribution in [1.82, 2.24) is 10.2 Å². The predicted octanol–water partition coefficient (Wildman–Crippen LogP) is 0.910. The zero-order valence-electron chi connectivity index (χ0n) is 10.2. The third-order valence-electron chi connectivity index (χ3n) is 3.75. The fourth-order valence-corrected chi connectivity index (χ4v) is 2.55. The van der Waals surface area contributed by atoms with Crippen molar-refractivity contribution in [2.75, 3.05) is 0 Å².